The zero-order chi connectivity index (χ0) is 25.2. The minimum Gasteiger partial charge on any atom is -0.373 e. The summed E-state index contributed by atoms with van der Waals surface area (Å²) < 4.78 is 4.55. The van der Waals surface area contributed by atoms with E-state index < -0.39 is 0 Å². The van der Waals surface area contributed by atoms with Crippen LogP contribution < -0.4 is 0 Å². The van der Waals surface area contributed by atoms with Gasteiger partial charge < -0.3 is 18.9 Å². The highest BCUT2D eigenvalue weighted by Gasteiger charge is 2.18. The molecule has 4 aromatic heterocycles. The van der Waals surface area contributed by atoms with Crippen LogP contribution in [0.15, 0.2) is 67.4 Å². The number of aryl methyl sites for hydroxylation is 1. The normalized spacial score (nSPS) is 15.6. The van der Waals surface area contributed by atoms with E-state index in [-0.39, 0.29) is 6.04 Å². The molecular formula is C29H37N7. The number of allylic oxidation sites excluding steroid dienone is 1. The summed E-state index contributed by atoms with van der Waals surface area (Å²) in [4.78, 5) is 19.2. The fourth-order valence-corrected chi connectivity index (χ4v) is 5.01. The number of imidazole rings is 1. The summed E-state index contributed by atoms with van der Waals surface area (Å²) in [5, 5.41) is 0. The van der Waals surface area contributed by atoms with Crippen LogP contribution in [-0.2, 0) is 6.54 Å². The second kappa shape index (κ2) is 10.3. The monoisotopic (exact) mass is 483 g/mol. The lowest BCUT2D eigenvalue weighted by Crippen LogP contribution is -2.43. The van der Waals surface area contributed by atoms with E-state index in [9.17, 15) is 0 Å². The summed E-state index contributed by atoms with van der Waals surface area (Å²) in [6.45, 7) is 16.2. The van der Waals surface area contributed by atoms with Crippen molar-refractivity contribution in [3.05, 3.63) is 78.9 Å². The van der Waals surface area contributed by atoms with E-state index >= 15 is 0 Å². The van der Waals surface area contributed by atoms with E-state index in [2.05, 4.69) is 88.9 Å². The average Bonchev–Trinajstić information content (AvgIpc) is 3.52. The van der Waals surface area contributed by atoms with Crippen molar-refractivity contribution in [2.24, 2.45) is 0 Å². The maximum atomic E-state index is 5.06. The van der Waals surface area contributed by atoms with Crippen LogP contribution in [0, 0.1) is 0 Å². The maximum absolute atomic E-state index is 5.06. The second-order valence-corrected chi connectivity index (χ2v) is 10.2. The fourth-order valence-electron chi connectivity index (χ4n) is 5.01. The van der Waals surface area contributed by atoms with Crippen LogP contribution in [0.1, 0.15) is 50.7 Å². The van der Waals surface area contributed by atoms with Crippen molar-refractivity contribution in [3.63, 3.8) is 0 Å². The molecule has 1 aliphatic heterocycles. The minimum atomic E-state index is 0.116. The Kier molecular flexibility index (Phi) is 6.92. The Bertz CT molecular complexity index is 1330. The highest BCUT2D eigenvalue weighted by molar-refractivity contribution is 5.81. The van der Waals surface area contributed by atoms with E-state index in [1.165, 1.54) is 5.70 Å². The predicted octanol–water partition coefficient (Wildman–Crippen LogP) is 5.18. The third kappa shape index (κ3) is 4.93. The topological polar surface area (TPSA) is 55.0 Å². The minimum absolute atomic E-state index is 0.116. The van der Waals surface area contributed by atoms with Gasteiger partial charge in [0.1, 0.15) is 5.82 Å². The lowest BCUT2D eigenvalue weighted by molar-refractivity contribution is 0.182. The molecule has 1 aliphatic rings. The number of rotatable bonds is 8. The van der Waals surface area contributed by atoms with Crippen molar-refractivity contribution in [1.82, 2.24) is 33.9 Å². The molecule has 5 heterocycles. The first kappa shape index (κ1) is 24.3. The highest BCUT2D eigenvalue weighted by atomic mass is 15.3. The first-order valence-corrected chi connectivity index (χ1v) is 13.0. The summed E-state index contributed by atoms with van der Waals surface area (Å²) in [5.41, 5.74) is 6.33. The Morgan fingerprint density at radius 1 is 1.06 bits per heavy atom. The van der Waals surface area contributed by atoms with Crippen molar-refractivity contribution in [3.8, 4) is 11.3 Å². The van der Waals surface area contributed by atoms with E-state index in [4.69, 9.17) is 9.97 Å². The molecule has 0 N–H and O–H groups in total. The van der Waals surface area contributed by atoms with Gasteiger partial charge in [-0.25, -0.2) is 4.98 Å². The number of aromatic nitrogens is 5. The summed E-state index contributed by atoms with van der Waals surface area (Å²) in [7, 11) is 2.18. The molecule has 7 nitrogen and oxygen atoms in total. The fraction of sp³-hybridized carbons (Fsp3) is 0.414. The predicted molar refractivity (Wildman–Crippen MR) is 146 cm³/mol. The number of hydrogen-bond acceptors (Lipinski definition) is 5. The van der Waals surface area contributed by atoms with Gasteiger partial charge >= 0.3 is 0 Å². The number of nitrogens with zero attached hydrogens (tertiary/aromatic N) is 7. The van der Waals surface area contributed by atoms with Crippen LogP contribution in [0.2, 0.25) is 0 Å². The van der Waals surface area contributed by atoms with Crippen molar-refractivity contribution in [2.45, 2.75) is 45.7 Å². The zero-order valence-electron chi connectivity index (χ0n) is 21.9. The summed E-state index contributed by atoms with van der Waals surface area (Å²) in [6.07, 6.45) is 9.01. The molecule has 0 aromatic carbocycles. The van der Waals surface area contributed by atoms with Crippen LogP contribution in [-0.4, -0.2) is 67.1 Å². The molecule has 1 saturated heterocycles. The van der Waals surface area contributed by atoms with Gasteiger partial charge in [0.25, 0.3) is 0 Å². The van der Waals surface area contributed by atoms with Gasteiger partial charge in [0.05, 0.1) is 28.5 Å². The zero-order valence-corrected chi connectivity index (χ0v) is 21.9. The maximum Gasteiger partial charge on any atom is 0.111 e. The Morgan fingerprint density at radius 2 is 1.86 bits per heavy atom. The van der Waals surface area contributed by atoms with Gasteiger partial charge in [-0.1, -0.05) is 26.5 Å². The van der Waals surface area contributed by atoms with Crippen molar-refractivity contribution >= 4 is 11.0 Å². The van der Waals surface area contributed by atoms with Crippen LogP contribution >= 0.6 is 0 Å². The summed E-state index contributed by atoms with van der Waals surface area (Å²) in [6, 6.07) is 10.5. The molecule has 0 spiro atoms. The average molecular weight is 484 g/mol. The summed E-state index contributed by atoms with van der Waals surface area (Å²) >= 11 is 0. The number of piperazine rings is 1. The van der Waals surface area contributed by atoms with Gasteiger partial charge in [-0.3, -0.25) is 9.97 Å². The molecule has 0 saturated carbocycles. The SMILES string of the molecule is C=C(CCn1cc(-c2cnc3ccn(C(C)c4ccccn4)c3c2)nc1C(C)C)N1CCN(C)CC1. The van der Waals surface area contributed by atoms with Crippen LogP contribution in [0.25, 0.3) is 22.3 Å². The van der Waals surface area contributed by atoms with Crippen LogP contribution in [0.4, 0.5) is 0 Å². The Labute approximate surface area is 214 Å². The van der Waals surface area contributed by atoms with E-state index in [0.717, 1.165) is 73.0 Å². The van der Waals surface area contributed by atoms with Gasteiger partial charge in [0, 0.05) is 81.1 Å². The first-order chi connectivity index (χ1) is 17.4. The third-order valence-electron chi connectivity index (χ3n) is 7.31. The number of likely N-dealkylation sites (N-methyl/N-ethyl adjacent to an activating group) is 1. The molecule has 0 bridgehead atoms. The molecule has 188 valence electrons. The van der Waals surface area contributed by atoms with E-state index in [0.29, 0.717) is 5.92 Å². The standard InChI is InChI=1S/C29H37N7/c1-21(2)29-32-27(20-35(29)12-9-22(3)34-16-14-33(5)15-17-34)24-18-28-26(31-19-24)10-13-36(28)23(4)25-8-6-7-11-30-25/h6-8,10-11,13,18-21,23H,3,9,12,14-17H2,1-2,4-5H3. The van der Waals surface area contributed by atoms with Gasteiger partial charge in [-0.2, -0.15) is 0 Å². The van der Waals surface area contributed by atoms with Gasteiger partial charge in [-0.05, 0) is 38.2 Å². The summed E-state index contributed by atoms with van der Waals surface area (Å²) in [5.74, 6) is 1.44. The van der Waals surface area contributed by atoms with Gasteiger partial charge in [0.15, 0.2) is 0 Å². The molecule has 0 radical (unpaired) electrons. The Balaban J connectivity index is 1.39. The first-order valence-electron chi connectivity index (χ1n) is 13.0. The Morgan fingerprint density at radius 3 is 2.58 bits per heavy atom. The number of hydrogen-bond donors (Lipinski definition) is 0. The third-order valence-corrected chi connectivity index (χ3v) is 7.31. The molecule has 1 fully saturated rings. The lowest BCUT2D eigenvalue weighted by Gasteiger charge is -2.35. The lowest BCUT2D eigenvalue weighted by atomic mass is 10.2. The number of fused-ring (bicyclic) bond motifs is 1. The largest absolute Gasteiger partial charge is 0.373 e. The van der Waals surface area contributed by atoms with Gasteiger partial charge in [-0.15, -0.1) is 0 Å². The van der Waals surface area contributed by atoms with Gasteiger partial charge in [0.2, 0.25) is 0 Å². The smallest absolute Gasteiger partial charge is 0.111 e. The van der Waals surface area contributed by atoms with Crippen molar-refractivity contribution in [2.75, 3.05) is 33.2 Å². The molecular weight excluding hydrogens is 446 g/mol. The van der Waals surface area contributed by atoms with E-state index in [1.807, 2.05) is 24.5 Å². The van der Waals surface area contributed by atoms with Crippen molar-refractivity contribution in [1.29, 1.82) is 0 Å². The molecule has 1 unspecified atom stereocenters. The van der Waals surface area contributed by atoms with E-state index in [1.54, 1.807) is 0 Å². The molecule has 36 heavy (non-hydrogen) atoms. The molecule has 1 atom stereocenters. The van der Waals surface area contributed by atoms with Crippen molar-refractivity contribution < 1.29 is 0 Å². The molecule has 5 rings (SSSR count). The molecule has 0 amide bonds. The second-order valence-electron chi connectivity index (χ2n) is 10.2. The molecule has 7 heteroatoms. The molecule has 0 aliphatic carbocycles. The highest BCUT2D eigenvalue weighted by Crippen LogP contribution is 2.28. The number of pyridine rings is 2. The molecule has 4 aromatic rings. The quantitative estimate of drug-likeness (QED) is 0.346. The van der Waals surface area contributed by atoms with Crippen LogP contribution in [0.3, 0.4) is 0 Å². The Hall–Kier alpha value is -3.45. The van der Waals surface area contributed by atoms with Crippen LogP contribution in [0.5, 0.6) is 0 Å².